The first kappa shape index (κ1) is 18.9. The quantitative estimate of drug-likeness (QED) is 0.447. The normalized spacial score (nSPS) is 15.0. The highest BCUT2D eigenvalue weighted by molar-refractivity contribution is 7.15. The molecule has 8 heteroatoms. The fraction of sp³-hybridized carbons (Fsp3) is 0.250. The Morgan fingerprint density at radius 1 is 1.07 bits per heavy atom. The molecule has 1 aromatic carbocycles. The molecule has 0 atom stereocenters. The van der Waals surface area contributed by atoms with Gasteiger partial charge in [-0.05, 0) is 24.3 Å². The average Bonchev–Trinajstić information content (AvgIpc) is 3.17. The van der Waals surface area contributed by atoms with Gasteiger partial charge in [-0.3, -0.25) is 15.0 Å². The number of rotatable bonds is 5. The molecule has 1 aliphatic heterocycles. The maximum Gasteiger partial charge on any atom is 0.287 e. The van der Waals surface area contributed by atoms with E-state index in [2.05, 4.69) is 26.9 Å². The van der Waals surface area contributed by atoms with Crippen molar-refractivity contribution in [2.45, 2.75) is 6.54 Å². The van der Waals surface area contributed by atoms with E-state index in [1.54, 1.807) is 17.4 Å². The molecule has 3 aromatic rings. The van der Waals surface area contributed by atoms with Crippen LogP contribution in [0.2, 0.25) is 5.02 Å². The van der Waals surface area contributed by atoms with Gasteiger partial charge in [0.25, 0.3) is 5.69 Å². The Balaban J connectivity index is 1.35. The summed E-state index contributed by atoms with van der Waals surface area (Å²) in [7, 11) is 0. The van der Waals surface area contributed by atoms with Gasteiger partial charge < -0.3 is 4.90 Å². The Hall–Kier alpha value is -2.48. The second kappa shape index (κ2) is 8.26. The average molecular weight is 415 g/mol. The van der Waals surface area contributed by atoms with E-state index in [0.717, 1.165) is 49.1 Å². The molecule has 6 nitrogen and oxygen atoms in total. The summed E-state index contributed by atoms with van der Waals surface area (Å²) < 4.78 is 0. The summed E-state index contributed by atoms with van der Waals surface area (Å²) in [6.07, 6.45) is 1.32. The van der Waals surface area contributed by atoms with Crippen LogP contribution in [0.5, 0.6) is 0 Å². The van der Waals surface area contributed by atoms with Gasteiger partial charge in [0, 0.05) is 59.1 Å². The van der Waals surface area contributed by atoms with E-state index in [1.165, 1.54) is 22.0 Å². The standard InChI is InChI=1S/C20H19ClN4O2S/c21-18-4-2-1-3-17(18)19-7-6-16(28-19)14-23-9-11-24(12-10-23)20-8-5-15(13-22-20)25(26)27/h1-8,13H,9-12,14H2. The van der Waals surface area contributed by atoms with Gasteiger partial charge in [0.2, 0.25) is 0 Å². The van der Waals surface area contributed by atoms with Crippen LogP contribution in [0.3, 0.4) is 0 Å². The molecule has 28 heavy (non-hydrogen) atoms. The monoisotopic (exact) mass is 414 g/mol. The Morgan fingerprint density at radius 2 is 1.86 bits per heavy atom. The number of nitro groups is 1. The lowest BCUT2D eigenvalue weighted by atomic mass is 10.2. The summed E-state index contributed by atoms with van der Waals surface area (Å²) in [6.45, 7) is 4.48. The number of halogens is 1. The van der Waals surface area contributed by atoms with E-state index in [0.29, 0.717) is 0 Å². The van der Waals surface area contributed by atoms with Crippen LogP contribution in [0.1, 0.15) is 4.88 Å². The van der Waals surface area contributed by atoms with Crippen LogP contribution in [-0.2, 0) is 6.54 Å². The zero-order chi connectivity index (χ0) is 19.5. The lowest BCUT2D eigenvalue weighted by molar-refractivity contribution is -0.385. The highest BCUT2D eigenvalue weighted by atomic mass is 35.5. The van der Waals surface area contributed by atoms with E-state index in [4.69, 9.17) is 11.6 Å². The molecular formula is C20H19ClN4O2S. The maximum absolute atomic E-state index is 10.8. The van der Waals surface area contributed by atoms with Crippen molar-refractivity contribution in [3.05, 3.63) is 74.7 Å². The summed E-state index contributed by atoms with van der Waals surface area (Å²) in [5.41, 5.74) is 1.10. The summed E-state index contributed by atoms with van der Waals surface area (Å²) in [6, 6.07) is 15.5. The minimum Gasteiger partial charge on any atom is -0.354 e. The number of benzene rings is 1. The topological polar surface area (TPSA) is 62.5 Å². The molecule has 4 rings (SSSR count). The van der Waals surface area contributed by atoms with E-state index in [1.807, 2.05) is 24.3 Å². The summed E-state index contributed by atoms with van der Waals surface area (Å²) >= 11 is 8.09. The highest BCUT2D eigenvalue weighted by Gasteiger charge is 2.19. The number of hydrogen-bond donors (Lipinski definition) is 0. The van der Waals surface area contributed by atoms with Crippen LogP contribution in [-0.4, -0.2) is 41.0 Å². The van der Waals surface area contributed by atoms with E-state index in [9.17, 15) is 10.1 Å². The summed E-state index contributed by atoms with van der Waals surface area (Å²) in [5, 5.41) is 11.5. The van der Waals surface area contributed by atoms with Crippen molar-refractivity contribution in [2.24, 2.45) is 0 Å². The van der Waals surface area contributed by atoms with Crippen LogP contribution >= 0.6 is 22.9 Å². The Bertz CT molecular complexity index is 968. The van der Waals surface area contributed by atoms with Gasteiger partial charge in [0.1, 0.15) is 12.0 Å². The summed E-state index contributed by atoms with van der Waals surface area (Å²) in [4.78, 5) is 21.7. The molecule has 0 aliphatic carbocycles. The zero-order valence-corrected chi connectivity index (χ0v) is 16.7. The van der Waals surface area contributed by atoms with Gasteiger partial charge in [0.15, 0.2) is 0 Å². The first-order chi connectivity index (χ1) is 13.6. The minimum atomic E-state index is -0.424. The Morgan fingerprint density at radius 3 is 2.54 bits per heavy atom. The van der Waals surface area contributed by atoms with Crippen molar-refractivity contribution in [3.63, 3.8) is 0 Å². The van der Waals surface area contributed by atoms with Crippen LogP contribution in [0.15, 0.2) is 54.7 Å². The maximum atomic E-state index is 10.8. The second-order valence-corrected chi connectivity index (χ2v) is 8.22. The third-order valence-corrected chi connectivity index (χ3v) is 6.25. The van der Waals surface area contributed by atoms with E-state index >= 15 is 0 Å². The van der Waals surface area contributed by atoms with Crippen molar-refractivity contribution < 1.29 is 4.92 Å². The van der Waals surface area contributed by atoms with Gasteiger partial charge in [-0.2, -0.15) is 0 Å². The number of pyridine rings is 1. The molecule has 3 heterocycles. The van der Waals surface area contributed by atoms with Crippen molar-refractivity contribution >= 4 is 34.4 Å². The van der Waals surface area contributed by atoms with Gasteiger partial charge in [-0.1, -0.05) is 29.8 Å². The number of thiophene rings is 1. The molecule has 1 fully saturated rings. The molecule has 0 spiro atoms. The van der Waals surface area contributed by atoms with Crippen molar-refractivity contribution in [1.29, 1.82) is 0 Å². The molecule has 144 valence electrons. The molecule has 1 aliphatic rings. The number of nitrogens with zero attached hydrogens (tertiary/aromatic N) is 4. The fourth-order valence-corrected chi connectivity index (χ4v) is 4.68. The number of hydrogen-bond acceptors (Lipinski definition) is 6. The van der Waals surface area contributed by atoms with Crippen molar-refractivity contribution in [3.8, 4) is 10.4 Å². The Labute approximate surface area is 172 Å². The second-order valence-electron chi connectivity index (χ2n) is 6.64. The molecule has 0 bridgehead atoms. The zero-order valence-electron chi connectivity index (χ0n) is 15.1. The molecule has 0 amide bonds. The van der Waals surface area contributed by atoms with E-state index < -0.39 is 4.92 Å². The smallest absolute Gasteiger partial charge is 0.287 e. The molecular weight excluding hydrogens is 396 g/mol. The third-order valence-electron chi connectivity index (χ3n) is 4.82. The first-order valence-electron chi connectivity index (χ1n) is 9.01. The Kier molecular flexibility index (Phi) is 5.57. The molecule has 0 unspecified atom stereocenters. The van der Waals surface area contributed by atoms with Crippen LogP contribution < -0.4 is 4.90 Å². The molecule has 1 saturated heterocycles. The van der Waals surface area contributed by atoms with E-state index in [-0.39, 0.29) is 5.69 Å². The molecule has 0 radical (unpaired) electrons. The number of aromatic nitrogens is 1. The van der Waals surface area contributed by atoms with Gasteiger partial charge >= 0.3 is 0 Å². The summed E-state index contributed by atoms with van der Waals surface area (Å²) in [5.74, 6) is 0.794. The largest absolute Gasteiger partial charge is 0.354 e. The van der Waals surface area contributed by atoms with Gasteiger partial charge in [-0.25, -0.2) is 4.98 Å². The van der Waals surface area contributed by atoms with Crippen molar-refractivity contribution in [2.75, 3.05) is 31.1 Å². The van der Waals surface area contributed by atoms with Crippen LogP contribution in [0.25, 0.3) is 10.4 Å². The number of piperazine rings is 1. The van der Waals surface area contributed by atoms with Gasteiger partial charge in [0.05, 0.1) is 4.92 Å². The molecule has 2 aromatic heterocycles. The first-order valence-corrected chi connectivity index (χ1v) is 10.2. The third kappa shape index (κ3) is 4.16. The van der Waals surface area contributed by atoms with Crippen LogP contribution in [0.4, 0.5) is 11.5 Å². The van der Waals surface area contributed by atoms with Gasteiger partial charge in [-0.15, -0.1) is 11.3 Å². The lowest BCUT2D eigenvalue weighted by Crippen LogP contribution is -2.46. The SMILES string of the molecule is O=[N+]([O-])c1ccc(N2CCN(Cc3ccc(-c4ccccc4Cl)s3)CC2)nc1. The fourth-order valence-electron chi connectivity index (χ4n) is 3.30. The molecule has 0 N–H and O–H groups in total. The predicted octanol–water partition coefficient (Wildman–Crippen LogP) is 4.69. The van der Waals surface area contributed by atoms with Crippen molar-refractivity contribution in [1.82, 2.24) is 9.88 Å². The van der Waals surface area contributed by atoms with Crippen LogP contribution in [0, 0.1) is 10.1 Å². The minimum absolute atomic E-state index is 0.0226. The highest BCUT2D eigenvalue weighted by Crippen LogP contribution is 2.33. The lowest BCUT2D eigenvalue weighted by Gasteiger charge is -2.35. The molecule has 0 saturated carbocycles. The number of anilines is 1. The predicted molar refractivity (Wildman–Crippen MR) is 113 cm³/mol.